The standard InChI is InChI=1S/C17H15N3O4/c1-24-15-5-3-2-4-12(15)6-7-14(17(22)23)19-20-16(21)13-8-10-18-11-9-13/h2-11H,1H3,(H,20,21)(H,22,23)/b7-6+,19-14+. The number of methoxy groups -OCH3 is 1. The van der Waals surface area contributed by atoms with Crippen molar-refractivity contribution in [1.29, 1.82) is 0 Å². The Morgan fingerprint density at radius 2 is 1.92 bits per heavy atom. The molecule has 122 valence electrons. The van der Waals surface area contributed by atoms with Gasteiger partial charge in [0.1, 0.15) is 5.75 Å². The summed E-state index contributed by atoms with van der Waals surface area (Å²) in [6, 6.07) is 10.1. The number of hydrogen-bond acceptors (Lipinski definition) is 5. The number of para-hydroxylation sites is 1. The van der Waals surface area contributed by atoms with Gasteiger partial charge in [0.05, 0.1) is 7.11 Å². The number of rotatable bonds is 6. The van der Waals surface area contributed by atoms with Crippen LogP contribution in [-0.4, -0.2) is 34.8 Å². The number of carbonyl (C=O) groups is 2. The van der Waals surface area contributed by atoms with Crippen LogP contribution in [0.15, 0.2) is 60.0 Å². The zero-order valence-corrected chi connectivity index (χ0v) is 12.8. The van der Waals surface area contributed by atoms with Crippen molar-refractivity contribution in [1.82, 2.24) is 10.4 Å². The normalized spacial score (nSPS) is 11.3. The average molecular weight is 325 g/mol. The molecule has 0 atom stereocenters. The molecule has 0 saturated heterocycles. The maximum absolute atomic E-state index is 11.9. The number of benzene rings is 1. The van der Waals surface area contributed by atoms with Crippen molar-refractivity contribution in [3.63, 3.8) is 0 Å². The summed E-state index contributed by atoms with van der Waals surface area (Å²) < 4.78 is 5.18. The third-order valence-electron chi connectivity index (χ3n) is 3.00. The third kappa shape index (κ3) is 4.51. The Kier molecular flexibility index (Phi) is 5.79. The van der Waals surface area contributed by atoms with E-state index in [2.05, 4.69) is 15.5 Å². The van der Waals surface area contributed by atoms with Gasteiger partial charge in [0, 0.05) is 23.5 Å². The highest BCUT2D eigenvalue weighted by molar-refractivity contribution is 6.41. The highest BCUT2D eigenvalue weighted by atomic mass is 16.5. The number of nitrogens with zero attached hydrogens (tertiary/aromatic N) is 2. The molecular weight excluding hydrogens is 310 g/mol. The molecule has 1 aromatic carbocycles. The lowest BCUT2D eigenvalue weighted by Gasteiger charge is -2.03. The SMILES string of the molecule is COc1ccccc1/C=C/C(=N\NC(=O)c1ccncc1)C(=O)O. The van der Waals surface area contributed by atoms with E-state index in [9.17, 15) is 14.7 Å². The van der Waals surface area contributed by atoms with Crippen LogP contribution in [0.2, 0.25) is 0 Å². The molecule has 7 heteroatoms. The Balaban J connectivity index is 2.16. The average Bonchev–Trinajstić information content (AvgIpc) is 2.62. The van der Waals surface area contributed by atoms with Crippen molar-refractivity contribution in [2.24, 2.45) is 5.10 Å². The Bertz CT molecular complexity index is 785. The van der Waals surface area contributed by atoms with E-state index in [1.54, 1.807) is 30.3 Å². The molecule has 0 saturated carbocycles. The van der Waals surface area contributed by atoms with Crippen LogP contribution in [0.25, 0.3) is 6.08 Å². The van der Waals surface area contributed by atoms with Crippen molar-refractivity contribution in [3.05, 3.63) is 66.0 Å². The van der Waals surface area contributed by atoms with Gasteiger partial charge in [-0.3, -0.25) is 9.78 Å². The second-order valence-electron chi connectivity index (χ2n) is 4.55. The zero-order chi connectivity index (χ0) is 17.4. The van der Waals surface area contributed by atoms with Crippen LogP contribution < -0.4 is 10.2 Å². The molecule has 7 nitrogen and oxygen atoms in total. The van der Waals surface area contributed by atoms with Gasteiger partial charge >= 0.3 is 5.97 Å². The van der Waals surface area contributed by atoms with Crippen molar-refractivity contribution in [2.75, 3.05) is 7.11 Å². The molecule has 1 aromatic heterocycles. The number of aromatic nitrogens is 1. The molecule has 0 aliphatic heterocycles. The quantitative estimate of drug-likeness (QED) is 0.624. The van der Waals surface area contributed by atoms with Gasteiger partial charge in [-0.2, -0.15) is 5.10 Å². The molecule has 2 rings (SSSR count). The van der Waals surface area contributed by atoms with Gasteiger partial charge in [0.2, 0.25) is 0 Å². The van der Waals surface area contributed by atoms with Crippen molar-refractivity contribution in [3.8, 4) is 5.75 Å². The molecule has 0 aliphatic rings. The summed E-state index contributed by atoms with van der Waals surface area (Å²) in [4.78, 5) is 26.9. The lowest BCUT2D eigenvalue weighted by molar-refractivity contribution is -0.129. The van der Waals surface area contributed by atoms with Crippen LogP contribution in [0.5, 0.6) is 5.75 Å². The predicted octanol–water partition coefficient (Wildman–Crippen LogP) is 1.97. The Morgan fingerprint density at radius 3 is 2.58 bits per heavy atom. The molecule has 0 bridgehead atoms. The van der Waals surface area contributed by atoms with E-state index < -0.39 is 11.9 Å². The number of hydrazone groups is 1. The summed E-state index contributed by atoms with van der Waals surface area (Å²) in [5.74, 6) is -1.20. The lowest BCUT2D eigenvalue weighted by atomic mass is 10.1. The van der Waals surface area contributed by atoms with E-state index in [0.29, 0.717) is 16.9 Å². The Hall–Kier alpha value is -3.48. The maximum Gasteiger partial charge on any atom is 0.356 e. The lowest BCUT2D eigenvalue weighted by Crippen LogP contribution is -2.22. The molecule has 0 radical (unpaired) electrons. The van der Waals surface area contributed by atoms with E-state index >= 15 is 0 Å². The first kappa shape index (κ1) is 16.9. The maximum atomic E-state index is 11.9. The predicted molar refractivity (Wildman–Crippen MR) is 88.8 cm³/mol. The van der Waals surface area contributed by atoms with Crippen molar-refractivity contribution < 1.29 is 19.4 Å². The summed E-state index contributed by atoms with van der Waals surface area (Å²) >= 11 is 0. The number of carboxylic acid groups (broad SMARTS) is 1. The summed E-state index contributed by atoms with van der Waals surface area (Å²) in [5.41, 5.74) is 2.90. The largest absolute Gasteiger partial charge is 0.496 e. The van der Waals surface area contributed by atoms with Gasteiger partial charge in [-0.05, 0) is 30.4 Å². The summed E-state index contributed by atoms with van der Waals surface area (Å²) in [6.45, 7) is 0. The monoisotopic (exact) mass is 325 g/mol. The van der Waals surface area contributed by atoms with Crippen LogP contribution >= 0.6 is 0 Å². The summed E-state index contributed by atoms with van der Waals surface area (Å²) in [6.07, 6.45) is 5.74. The van der Waals surface area contributed by atoms with Crippen molar-refractivity contribution >= 4 is 23.7 Å². The fourth-order valence-electron chi connectivity index (χ4n) is 1.81. The van der Waals surface area contributed by atoms with Gasteiger partial charge in [0.15, 0.2) is 5.71 Å². The van der Waals surface area contributed by atoms with Gasteiger partial charge < -0.3 is 9.84 Å². The molecule has 24 heavy (non-hydrogen) atoms. The first-order valence-electron chi connectivity index (χ1n) is 6.94. The molecule has 0 aliphatic carbocycles. The van der Waals surface area contributed by atoms with Crippen molar-refractivity contribution in [2.45, 2.75) is 0 Å². The van der Waals surface area contributed by atoms with E-state index in [1.807, 2.05) is 0 Å². The van der Waals surface area contributed by atoms with Crippen LogP contribution in [-0.2, 0) is 4.79 Å². The number of nitrogens with one attached hydrogen (secondary N) is 1. The van der Waals surface area contributed by atoms with Crippen LogP contribution in [0, 0.1) is 0 Å². The second kappa shape index (κ2) is 8.23. The molecule has 0 unspecified atom stereocenters. The number of carboxylic acids is 1. The number of ether oxygens (including phenoxy) is 1. The third-order valence-corrected chi connectivity index (χ3v) is 3.00. The molecule has 0 spiro atoms. The highest BCUT2D eigenvalue weighted by Gasteiger charge is 2.09. The Morgan fingerprint density at radius 1 is 1.21 bits per heavy atom. The number of amides is 1. The van der Waals surface area contributed by atoms with Gasteiger partial charge in [-0.25, -0.2) is 10.2 Å². The molecule has 1 heterocycles. The number of carbonyl (C=O) groups excluding carboxylic acids is 1. The smallest absolute Gasteiger partial charge is 0.356 e. The summed E-state index contributed by atoms with van der Waals surface area (Å²) in [5, 5.41) is 12.8. The summed E-state index contributed by atoms with van der Waals surface area (Å²) in [7, 11) is 1.52. The zero-order valence-electron chi connectivity index (χ0n) is 12.8. The number of pyridine rings is 1. The first-order chi connectivity index (χ1) is 11.6. The minimum Gasteiger partial charge on any atom is -0.496 e. The fraction of sp³-hybridized carbons (Fsp3) is 0.0588. The second-order valence-corrected chi connectivity index (χ2v) is 4.55. The minimum absolute atomic E-state index is 0.316. The van der Waals surface area contributed by atoms with Crippen LogP contribution in [0.3, 0.4) is 0 Å². The number of aliphatic carboxylic acids is 1. The first-order valence-corrected chi connectivity index (χ1v) is 6.94. The minimum atomic E-state index is -1.27. The fourth-order valence-corrected chi connectivity index (χ4v) is 1.81. The highest BCUT2D eigenvalue weighted by Crippen LogP contribution is 2.18. The van der Waals surface area contributed by atoms with E-state index in [1.165, 1.54) is 37.7 Å². The molecule has 2 N–H and O–H groups in total. The Labute approximate surface area is 138 Å². The van der Waals surface area contributed by atoms with Crippen LogP contribution in [0.1, 0.15) is 15.9 Å². The van der Waals surface area contributed by atoms with Crippen LogP contribution in [0.4, 0.5) is 0 Å². The molecular formula is C17H15N3O4. The van der Waals surface area contributed by atoms with E-state index in [-0.39, 0.29) is 5.71 Å². The van der Waals surface area contributed by atoms with E-state index in [4.69, 9.17) is 4.74 Å². The number of hydrogen-bond donors (Lipinski definition) is 2. The molecule has 2 aromatic rings. The van der Waals surface area contributed by atoms with Gasteiger partial charge in [-0.15, -0.1) is 0 Å². The van der Waals surface area contributed by atoms with Gasteiger partial charge in [0.25, 0.3) is 5.91 Å². The van der Waals surface area contributed by atoms with Gasteiger partial charge in [-0.1, -0.05) is 18.2 Å². The van der Waals surface area contributed by atoms with E-state index in [0.717, 1.165) is 0 Å². The molecule has 0 fully saturated rings. The topological polar surface area (TPSA) is 101 Å². The molecule has 1 amide bonds.